The van der Waals surface area contributed by atoms with Crippen LogP contribution in [0.4, 0.5) is 5.69 Å². The van der Waals surface area contributed by atoms with Gasteiger partial charge in [0.2, 0.25) is 0 Å². The van der Waals surface area contributed by atoms with Gasteiger partial charge < -0.3 is 4.98 Å². The van der Waals surface area contributed by atoms with E-state index in [-0.39, 0.29) is 0 Å². The molecule has 2 rings (SSSR count). The highest BCUT2D eigenvalue weighted by molar-refractivity contribution is 5.96. The number of hydrogen-bond acceptors (Lipinski definition) is 2. The van der Waals surface area contributed by atoms with E-state index in [4.69, 9.17) is 0 Å². The molecule has 0 amide bonds. The normalized spacial score (nSPS) is 9.26. The van der Waals surface area contributed by atoms with Crippen molar-refractivity contribution in [2.75, 3.05) is 0 Å². The molecule has 2 aromatic heterocycles. The van der Waals surface area contributed by atoms with E-state index in [0.717, 1.165) is 22.3 Å². The fraction of sp³-hybridized carbons (Fsp3) is 0.250. The van der Waals surface area contributed by atoms with Gasteiger partial charge in [-0.05, 0) is 12.1 Å². The van der Waals surface area contributed by atoms with Crippen LogP contribution in [0.15, 0.2) is 42.7 Å². The first-order valence-electron chi connectivity index (χ1n) is 6.60. The Balaban J connectivity index is 0.000000741. The highest BCUT2D eigenvalue weighted by Crippen LogP contribution is 2.30. The lowest BCUT2D eigenvalue weighted by Gasteiger charge is -1.91. The van der Waals surface area contributed by atoms with E-state index in [1.54, 1.807) is 30.8 Å². The Kier molecular flexibility index (Phi) is 8.71. The van der Waals surface area contributed by atoms with E-state index in [2.05, 4.69) is 28.1 Å². The summed E-state index contributed by atoms with van der Waals surface area (Å²) in [5.41, 5.74) is 2.74. The molecular weight excluding hydrogens is 234 g/mol. The molecule has 0 saturated heterocycles. The van der Waals surface area contributed by atoms with E-state index >= 15 is 0 Å². The van der Waals surface area contributed by atoms with E-state index in [1.807, 2.05) is 33.8 Å². The first kappa shape index (κ1) is 16.8. The summed E-state index contributed by atoms with van der Waals surface area (Å²) in [5.74, 6) is 0. The summed E-state index contributed by atoms with van der Waals surface area (Å²) in [7, 11) is 0. The van der Waals surface area contributed by atoms with E-state index in [9.17, 15) is 0 Å². The molecule has 0 atom stereocenters. The standard InChI is InChI=1S/C12H11N3.2C2H6/c1-3-6-14-12-9-5-7-13-8-11(9)15-10(12)4-2;2*1-2/h3-8,15H,1-2H2;2*1-2H3. The zero-order valence-corrected chi connectivity index (χ0v) is 12.3. The fourth-order valence-electron chi connectivity index (χ4n) is 1.46. The van der Waals surface area contributed by atoms with Gasteiger partial charge >= 0.3 is 0 Å². The quantitative estimate of drug-likeness (QED) is 0.759. The van der Waals surface area contributed by atoms with Gasteiger partial charge in [-0.3, -0.25) is 9.98 Å². The molecule has 0 unspecified atom stereocenters. The molecule has 102 valence electrons. The third kappa shape index (κ3) is 4.21. The third-order valence-electron chi connectivity index (χ3n) is 2.11. The molecule has 0 saturated carbocycles. The second kappa shape index (κ2) is 9.83. The Morgan fingerprint density at radius 1 is 1.21 bits per heavy atom. The van der Waals surface area contributed by atoms with Crippen molar-refractivity contribution in [2.45, 2.75) is 27.7 Å². The Hall–Kier alpha value is -2.16. The molecule has 19 heavy (non-hydrogen) atoms. The van der Waals surface area contributed by atoms with Crippen molar-refractivity contribution in [3.05, 3.63) is 43.4 Å². The van der Waals surface area contributed by atoms with Crippen molar-refractivity contribution in [1.29, 1.82) is 0 Å². The van der Waals surface area contributed by atoms with Gasteiger partial charge in [-0.2, -0.15) is 0 Å². The number of fused-ring (bicyclic) bond motifs is 1. The number of aromatic nitrogens is 2. The summed E-state index contributed by atoms with van der Waals surface area (Å²) in [4.78, 5) is 11.5. The second-order valence-corrected chi connectivity index (χ2v) is 3.03. The van der Waals surface area contributed by atoms with Gasteiger partial charge in [-0.1, -0.05) is 46.9 Å². The number of allylic oxidation sites excluding steroid dienone is 1. The molecule has 3 nitrogen and oxygen atoms in total. The van der Waals surface area contributed by atoms with Gasteiger partial charge in [0.1, 0.15) is 0 Å². The lowest BCUT2D eigenvalue weighted by atomic mass is 10.2. The molecule has 1 N–H and O–H groups in total. The monoisotopic (exact) mass is 257 g/mol. The Bertz CT molecular complexity index is 536. The fourth-order valence-corrected chi connectivity index (χ4v) is 1.46. The lowest BCUT2D eigenvalue weighted by Crippen LogP contribution is -1.69. The summed E-state index contributed by atoms with van der Waals surface area (Å²) in [6.07, 6.45) is 8.57. The van der Waals surface area contributed by atoms with Gasteiger partial charge in [0.15, 0.2) is 0 Å². The average molecular weight is 257 g/mol. The van der Waals surface area contributed by atoms with Crippen LogP contribution in [0.5, 0.6) is 0 Å². The molecule has 2 heterocycles. The van der Waals surface area contributed by atoms with Crippen LogP contribution in [0.1, 0.15) is 33.4 Å². The molecule has 0 aliphatic heterocycles. The van der Waals surface area contributed by atoms with E-state index in [1.165, 1.54) is 0 Å². The molecule has 3 heteroatoms. The van der Waals surface area contributed by atoms with Crippen LogP contribution in [0.25, 0.3) is 17.0 Å². The summed E-state index contributed by atoms with van der Waals surface area (Å²) in [6.45, 7) is 15.3. The molecule has 0 aliphatic carbocycles. The summed E-state index contributed by atoms with van der Waals surface area (Å²) < 4.78 is 0. The summed E-state index contributed by atoms with van der Waals surface area (Å²) in [6, 6.07) is 1.93. The third-order valence-corrected chi connectivity index (χ3v) is 2.11. The van der Waals surface area contributed by atoms with Crippen LogP contribution >= 0.6 is 0 Å². The number of pyridine rings is 1. The predicted molar refractivity (Wildman–Crippen MR) is 87.2 cm³/mol. The average Bonchev–Trinajstić information content (AvgIpc) is 2.87. The highest BCUT2D eigenvalue weighted by atomic mass is 14.8. The molecule has 0 aromatic carbocycles. The molecule has 0 bridgehead atoms. The first-order chi connectivity index (χ1) is 9.36. The smallest absolute Gasteiger partial charge is 0.0958 e. The Morgan fingerprint density at radius 2 is 1.89 bits per heavy atom. The zero-order chi connectivity index (χ0) is 14.7. The SMILES string of the molecule is C=CC=Nc1c(C=C)[nH]c2cnccc12.CC.CC. The van der Waals surface area contributed by atoms with Crippen LogP contribution in [-0.2, 0) is 0 Å². The maximum absolute atomic E-state index is 4.31. The van der Waals surface area contributed by atoms with E-state index in [0.29, 0.717) is 0 Å². The van der Waals surface area contributed by atoms with Gasteiger partial charge in [0, 0.05) is 17.8 Å². The highest BCUT2D eigenvalue weighted by Gasteiger charge is 2.06. The number of hydrogen-bond donors (Lipinski definition) is 1. The van der Waals surface area contributed by atoms with Crippen molar-refractivity contribution in [1.82, 2.24) is 9.97 Å². The van der Waals surface area contributed by atoms with Crippen molar-refractivity contribution in [3.8, 4) is 0 Å². The summed E-state index contributed by atoms with van der Waals surface area (Å²) in [5, 5.41) is 1.04. The van der Waals surface area contributed by atoms with Crippen LogP contribution in [0.3, 0.4) is 0 Å². The maximum Gasteiger partial charge on any atom is 0.0958 e. The first-order valence-corrected chi connectivity index (χ1v) is 6.60. The molecule has 2 aromatic rings. The predicted octanol–water partition coefficient (Wildman–Crippen LogP) is 5.15. The van der Waals surface area contributed by atoms with Crippen molar-refractivity contribution >= 4 is 28.9 Å². The molecular formula is C16H23N3. The minimum Gasteiger partial charge on any atom is -0.352 e. The minimum absolute atomic E-state index is 0.877. The van der Waals surface area contributed by atoms with Crippen LogP contribution in [0, 0.1) is 0 Å². The number of H-pyrrole nitrogens is 1. The molecule has 0 spiro atoms. The number of nitrogens with zero attached hydrogens (tertiary/aromatic N) is 2. The van der Waals surface area contributed by atoms with Gasteiger partial charge in [0.05, 0.1) is 23.1 Å². The Labute approximate surface area is 115 Å². The largest absolute Gasteiger partial charge is 0.352 e. The van der Waals surface area contributed by atoms with Crippen molar-refractivity contribution < 1.29 is 0 Å². The summed E-state index contributed by atoms with van der Waals surface area (Å²) >= 11 is 0. The van der Waals surface area contributed by atoms with Gasteiger partial charge in [-0.25, -0.2) is 0 Å². The van der Waals surface area contributed by atoms with Crippen LogP contribution < -0.4 is 0 Å². The van der Waals surface area contributed by atoms with Crippen molar-refractivity contribution in [3.63, 3.8) is 0 Å². The van der Waals surface area contributed by atoms with Gasteiger partial charge in [-0.15, -0.1) is 0 Å². The van der Waals surface area contributed by atoms with Gasteiger partial charge in [0.25, 0.3) is 0 Å². The number of aromatic amines is 1. The number of nitrogens with one attached hydrogen (secondary N) is 1. The number of rotatable bonds is 3. The molecule has 0 aliphatic rings. The molecule has 0 radical (unpaired) electrons. The van der Waals surface area contributed by atoms with Crippen LogP contribution in [-0.4, -0.2) is 16.2 Å². The van der Waals surface area contributed by atoms with E-state index < -0.39 is 0 Å². The topological polar surface area (TPSA) is 41.0 Å². The van der Waals surface area contributed by atoms with Crippen molar-refractivity contribution in [2.24, 2.45) is 4.99 Å². The Morgan fingerprint density at radius 3 is 2.47 bits per heavy atom. The second-order valence-electron chi connectivity index (χ2n) is 3.03. The maximum atomic E-state index is 4.31. The minimum atomic E-state index is 0.877. The zero-order valence-electron chi connectivity index (χ0n) is 12.3. The molecule has 0 fully saturated rings. The van der Waals surface area contributed by atoms with Crippen LogP contribution in [0.2, 0.25) is 0 Å². The lowest BCUT2D eigenvalue weighted by molar-refractivity contribution is 1.33. The number of aliphatic imine (C=N–C) groups is 1.